The van der Waals surface area contributed by atoms with Gasteiger partial charge in [0.05, 0.1) is 0 Å². The molecule has 0 aromatic rings. The summed E-state index contributed by atoms with van der Waals surface area (Å²) in [6, 6.07) is 0. The molecule has 0 atom stereocenters. The summed E-state index contributed by atoms with van der Waals surface area (Å²) < 4.78 is 0. The van der Waals surface area contributed by atoms with E-state index in [1.165, 1.54) is 19.3 Å². The molecular weight excluding hydrogens is 182 g/mol. The van der Waals surface area contributed by atoms with Gasteiger partial charge in [0, 0.05) is 11.1 Å². The molecule has 0 aromatic carbocycles. The minimum Gasteiger partial charge on any atom is -0.303 e. The first-order chi connectivity index (χ1) is 6.83. The maximum Gasteiger partial charge on any atom is 0.0311 e. The monoisotopic (exact) mass is 211 g/mol. The van der Waals surface area contributed by atoms with Crippen LogP contribution in [0.3, 0.4) is 0 Å². The fraction of sp³-hybridized carbons (Fsp3) is 0.857. The van der Waals surface area contributed by atoms with E-state index in [4.69, 9.17) is 0 Å². The Bertz CT molecular complexity index is 190. The fourth-order valence-corrected chi connectivity index (χ4v) is 2.01. The molecule has 90 valence electrons. The molecule has 0 spiro atoms. The van der Waals surface area contributed by atoms with Gasteiger partial charge in [0.2, 0.25) is 0 Å². The van der Waals surface area contributed by atoms with Crippen molar-refractivity contribution in [3.05, 3.63) is 12.2 Å². The number of hydrogen-bond acceptors (Lipinski definition) is 1. The molecule has 0 aromatic heterocycles. The van der Waals surface area contributed by atoms with Gasteiger partial charge in [-0.2, -0.15) is 0 Å². The minimum absolute atomic E-state index is 0.104. The van der Waals surface area contributed by atoms with Crippen LogP contribution >= 0.6 is 0 Å². The molecule has 0 amide bonds. The van der Waals surface area contributed by atoms with Crippen molar-refractivity contribution in [2.75, 3.05) is 0 Å². The molecule has 0 aliphatic heterocycles. The molecule has 0 aliphatic rings. The van der Waals surface area contributed by atoms with E-state index in [2.05, 4.69) is 59.0 Å². The molecular formula is C14H29N. The molecule has 0 fully saturated rings. The topological polar surface area (TPSA) is 12.0 Å². The van der Waals surface area contributed by atoms with Crippen LogP contribution in [-0.4, -0.2) is 11.1 Å². The van der Waals surface area contributed by atoms with Crippen LogP contribution in [0.5, 0.6) is 0 Å². The highest BCUT2D eigenvalue weighted by atomic mass is 15.0. The molecule has 15 heavy (non-hydrogen) atoms. The van der Waals surface area contributed by atoms with Crippen LogP contribution in [0.4, 0.5) is 0 Å². The summed E-state index contributed by atoms with van der Waals surface area (Å²) in [4.78, 5) is 0. The summed E-state index contributed by atoms with van der Waals surface area (Å²) >= 11 is 0. The first kappa shape index (κ1) is 14.7. The van der Waals surface area contributed by atoms with Crippen molar-refractivity contribution in [3.63, 3.8) is 0 Å². The highest BCUT2D eigenvalue weighted by molar-refractivity contribution is 5.03. The van der Waals surface area contributed by atoms with Gasteiger partial charge in [-0.05, 0) is 40.5 Å². The van der Waals surface area contributed by atoms with E-state index in [9.17, 15) is 0 Å². The Morgan fingerprint density at radius 2 is 1.67 bits per heavy atom. The van der Waals surface area contributed by atoms with Gasteiger partial charge >= 0.3 is 0 Å². The number of allylic oxidation sites excluding steroid dienone is 1. The average Bonchev–Trinajstić information content (AvgIpc) is 2.10. The van der Waals surface area contributed by atoms with Crippen LogP contribution in [0, 0.1) is 0 Å². The number of unbranched alkanes of at least 4 members (excludes halogenated alkanes) is 1. The van der Waals surface area contributed by atoms with Crippen LogP contribution < -0.4 is 5.32 Å². The van der Waals surface area contributed by atoms with Crippen LogP contribution in [0.1, 0.15) is 67.2 Å². The second-order valence-corrected chi connectivity index (χ2v) is 5.64. The zero-order valence-electron chi connectivity index (χ0n) is 11.5. The zero-order chi connectivity index (χ0) is 11.9. The maximum absolute atomic E-state index is 3.72. The first-order valence-electron chi connectivity index (χ1n) is 6.30. The van der Waals surface area contributed by atoms with Gasteiger partial charge in [-0.3, -0.25) is 0 Å². The first-order valence-corrected chi connectivity index (χ1v) is 6.30. The molecule has 0 saturated heterocycles. The van der Waals surface area contributed by atoms with E-state index < -0.39 is 0 Å². The normalized spacial score (nSPS) is 13.7. The molecule has 0 radical (unpaired) electrons. The van der Waals surface area contributed by atoms with E-state index in [1.54, 1.807) is 0 Å². The second kappa shape index (κ2) is 6.32. The van der Waals surface area contributed by atoms with Crippen molar-refractivity contribution < 1.29 is 0 Å². The van der Waals surface area contributed by atoms with Crippen molar-refractivity contribution in [2.24, 2.45) is 0 Å². The summed E-state index contributed by atoms with van der Waals surface area (Å²) in [6.45, 7) is 13.5. The molecule has 1 heteroatoms. The van der Waals surface area contributed by atoms with E-state index in [-0.39, 0.29) is 11.1 Å². The Kier molecular flexibility index (Phi) is 6.19. The molecule has 0 heterocycles. The van der Waals surface area contributed by atoms with E-state index >= 15 is 0 Å². The van der Waals surface area contributed by atoms with E-state index in [0.717, 1.165) is 6.42 Å². The number of rotatable bonds is 7. The van der Waals surface area contributed by atoms with Crippen molar-refractivity contribution >= 4 is 0 Å². The molecule has 0 rings (SSSR count). The SMILES string of the molecule is CCC=CC(C)(C)NC(C)(C)CCCC. The molecule has 1 nitrogen and oxygen atoms in total. The summed E-state index contributed by atoms with van der Waals surface area (Å²) in [5.74, 6) is 0. The van der Waals surface area contributed by atoms with Gasteiger partial charge in [-0.25, -0.2) is 0 Å². The Labute approximate surface area is 96.3 Å². The van der Waals surface area contributed by atoms with Crippen molar-refractivity contribution in [1.82, 2.24) is 5.32 Å². The average molecular weight is 211 g/mol. The summed E-state index contributed by atoms with van der Waals surface area (Å²) in [5.41, 5.74) is 0.338. The molecule has 0 aliphatic carbocycles. The summed E-state index contributed by atoms with van der Waals surface area (Å²) in [7, 11) is 0. The van der Waals surface area contributed by atoms with Crippen LogP contribution in [0.2, 0.25) is 0 Å². The number of nitrogens with one attached hydrogen (secondary N) is 1. The Morgan fingerprint density at radius 1 is 1.07 bits per heavy atom. The highest BCUT2D eigenvalue weighted by Crippen LogP contribution is 2.18. The van der Waals surface area contributed by atoms with Crippen molar-refractivity contribution in [1.29, 1.82) is 0 Å². The van der Waals surface area contributed by atoms with Gasteiger partial charge < -0.3 is 5.32 Å². The Balaban J connectivity index is 4.22. The zero-order valence-corrected chi connectivity index (χ0v) is 11.5. The van der Waals surface area contributed by atoms with Gasteiger partial charge in [-0.15, -0.1) is 0 Å². The van der Waals surface area contributed by atoms with Gasteiger partial charge in [-0.1, -0.05) is 38.8 Å². The molecule has 1 N–H and O–H groups in total. The van der Waals surface area contributed by atoms with Gasteiger partial charge in [0.25, 0.3) is 0 Å². The van der Waals surface area contributed by atoms with Crippen molar-refractivity contribution in [2.45, 2.75) is 78.3 Å². The predicted octanol–water partition coefficient (Wildman–Crippen LogP) is 4.29. The summed E-state index contributed by atoms with van der Waals surface area (Å²) in [5, 5.41) is 3.72. The standard InChI is InChI=1S/C14H29N/c1-7-9-11-13(3,4)15-14(5,6)12-10-8-2/h9,11,15H,7-8,10,12H2,1-6H3. The van der Waals surface area contributed by atoms with Crippen LogP contribution in [-0.2, 0) is 0 Å². The second-order valence-electron chi connectivity index (χ2n) is 5.64. The van der Waals surface area contributed by atoms with E-state index in [1.807, 2.05) is 0 Å². The smallest absolute Gasteiger partial charge is 0.0311 e. The lowest BCUT2D eigenvalue weighted by Crippen LogP contribution is -2.50. The third-order valence-corrected chi connectivity index (χ3v) is 2.59. The van der Waals surface area contributed by atoms with Gasteiger partial charge in [0.15, 0.2) is 0 Å². The highest BCUT2D eigenvalue weighted by Gasteiger charge is 2.24. The summed E-state index contributed by atoms with van der Waals surface area (Å²) in [6.07, 6.45) is 9.45. The lowest BCUT2D eigenvalue weighted by Gasteiger charge is -2.35. The minimum atomic E-state index is 0.104. The quantitative estimate of drug-likeness (QED) is 0.619. The lowest BCUT2D eigenvalue weighted by molar-refractivity contribution is 0.283. The molecule has 0 bridgehead atoms. The fourth-order valence-electron chi connectivity index (χ4n) is 2.01. The van der Waals surface area contributed by atoms with Gasteiger partial charge in [0.1, 0.15) is 0 Å². The Morgan fingerprint density at radius 3 is 2.13 bits per heavy atom. The van der Waals surface area contributed by atoms with Crippen molar-refractivity contribution in [3.8, 4) is 0 Å². The molecule has 0 saturated carbocycles. The molecule has 0 unspecified atom stereocenters. The predicted molar refractivity (Wildman–Crippen MR) is 70.2 cm³/mol. The van der Waals surface area contributed by atoms with Crippen LogP contribution in [0.15, 0.2) is 12.2 Å². The third kappa shape index (κ3) is 7.61. The largest absolute Gasteiger partial charge is 0.303 e. The van der Waals surface area contributed by atoms with E-state index in [0.29, 0.717) is 0 Å². The lowest BCUT2D eigenvalue weighted by atomic mass is 9.92. The Hall–Kier alpha value is -0.300. The van der Waals surface area contributed by atoms with Crippen LogP contribution in [0.25, 0.3) is 0 Å². The third-order valence-electron chi connectivity index (χ3n) is 2.59. The number of hydrogen-bond donors (Lipinski definition) is 1. The maximum atomic E-state index is 3.72.